The van der Waals surface area contributed by atoms with Crippen molar-refractivity contribution >= 4 is 23.7 Å². The maximum atomic E-state index is 12.1. The number of rotatable bonds is 11. The lowest BCUT2D eigenvalue weighted by Crippen LogP contribution is -2.59. The Hall–Kier alpha value is -2.24. The highest BCUT2D eigenvalue weighted by atomic mass is 16.4. The van der Waals surface area contributed by atoms with E-state index in [1.807, 2.05) is 12.2 Å². The van der Waals surface area contributed by atoms with Crippen molar-refractivity contribution in [3.8, 4) is 0 Å². The molecule has 11 heteroatoms. The Morgan fingerprint density at radius 2 is 1.44 bits per heavy atom. The molecule has 0 aliphatic carbocycles. The van der Waals surface area contributed by atoms with Crippen molar-refractivity contribution in [3.05, 3.63) is 0 Å². The van der Waals surface area contributed by atoms with Crippen LogP contribution in [0.2, 0.25) is 0 Å². The van der Waals surface area contributed by atoms with Gasteiger partial charge in [-0.15, -0.1) is 0 Å². The molecule has 0 bridgehead atoms. The summed E-state index contributed by atoms with van der Waals surface area (Å²) in [4.78, 5) is 47.0. The first-order chi connectivity index (χ1) is 12.4. The maximum Gasteiger partial charge on any atom is 0.328 e. The fourth-order valence-corrected chi connectivity index (χ4v) is 2.06. The molecule has 156 valence electrons. The van der Waals surface area contributed by atoms with Crippen molar-refractivity contribution in [2.24, 2.45) is 11.7 Å². The van der Waals surface area contributed by atoms with Crippen LogP contribution in [0.3, 0.4) is 0 Å². The number of carboxylic acids is 1. The van der Waals surface area contributed by atoms with Crippen molar-refractivity contribution in [1.82, 2.24) is 16.0 Å². The van der Waals surface area contributed by atoms with Crippen molar-refractivity contribution in [2.75, 3.05) is 6.54 Å². The lowest BCUT2D eigenvalue weighted by atomic mass is 9.99. The van der Waals surface area contributed by atoms with Gasteiger partial charge in [0.15, 0.2) is 6.04 Å². The third-order valence-electron chi connectivity index (χ3n) is 4.11. The molecule has 0 radical (unpaired) electrons. The van der Waals surface area contributed by atoms with Crippen molar-refractivity contribution < 1.29 is 34.5 Å². The first kappa shape index (κ1) is 24.8. The summed E-state index contributed by atoms with van der Waals surface area (Å²) < 4.78 is 0. The Morgan fingerprint density at radius 3 is 1.85 bits per heavy atom. The van der Waals surface area contributed by atoms with E-state index in [0.717, 1.165) is 0 Å². The minimum atomic E-state index is -1.61. The van der Waals surface area contributed by atoms with Gasteiger partial charge in [-0.1, -0.05) is 20.3 Å². The third-order valence-corrected chi connectivity index (χ3v) is 4.11. The maximum absolute atomic E-state index is 12.1. The molecular formula is C16H30N4O7. The van der Waals surface area contributed by atoms with E-state index in [2.05, 4.69) is 10.6 Å². The Morgan fingerprint density at radius 1 is 0.926 bits per heavy atom. The van der Waals surface area contributed by atoms with Crippen molar-refractivity contribution in [1.29, 1.82) is 0 Å². The number of carbonyl (C=O) groups excluding carboxylic acids is 3. The molecule has 0 fully saturated rings. The summed E-state index contributed by atoms with van der Waals surface area (Å²) in [5.74, 6) is -3.85. The van der Waals surface area contributed by atoms with Crippen molar-refractivity contribution in [2.45, 2.75) is 64.4 Å². The Balaban J connectivity index is 4.81. The molecule has 0 aromatic carbocycles. The van der Waals surface area contributed by atoms with Gasteiger partial charge in [-0.3, -0.25) is 14.4 Å². The predicted octanol–water partition coefficient (Wildman–Crippen LogP) is -2.71. The molecule has 0 saturated heterocycles. The third kappa shape index (κ3) is 8.33. The highest BCUT2D eigenvalue weighted by Crippen LogP contribution is 2.04. The highest BCUT2D eigenvalue weighted by Gasteiger charge is 2.32. The lowest BCUT2D eigenvalue weighted by Gasteiger charge is -2.24. The van der Waals surface area contributed by atoms with Gasteiger partial charge in [0.25, 0.3) is 0 Å². The van der Waals surface area contributed by atoms with E-state index in [1.165, 1.54) is 13.8 Å². The van der Waals surface area contributed by atoms with Crippen LogP contribution in [0.1, 0.15) is 34.1 Å². The molecule has 27 heavy (non-hydrogen) atoms. The first-order valence-electron chi connectivity index (χ1n) is 8.64. The number of aliphatic carboxylic acids is 1. The molecule has 0 aromatic heterocycles. The smallest absolute Gasteiger partial charge is 0.328 e. The number of nitrogens with two attached hydrogens (primary N) is 1. The van der Waals surface area contributed by atoms with Crippen LogP contribution in [0.4, 0.5) is 0 Å². The molecule has 0 heterocycles. The van der Waals surface area contributed by atoms with E-state index in [9.17, 15) is 29.4 Å². The van der Waals surface area contributed by atoms with Crippen LogP contribution in [0.25, 0.3) is 0 Å². The number of hydrogen-bond donors (Lipinski definition) is 7. The summed E-state index contributed by atoms with van der Waals surface area (Å²) in [5.41, 5.74) is 5.74. The molecule has 3 amide bonds. The van der Waals surface area contributed by atoms with Crippen LogP contribution in [-0.2, 0) is 19.2 Å². The summed E-state index contributed by atoms with van der Waals surface area (Å²) in [6, 6.07) is -3.87. The fraction of sp³-hybridized carbons (Fsp3) is 0.750. The standard InChI is InChI=1S/C16H30N4O7/c1-5-7(2)11(17)14(24)18-6-10(23)19-12(8(3)21)15(25)20-13(9(4)22)16(26)27/h7-9,11-13,21-22H,5-6,17H2,1-4H3,(H,18,24)(H,19,23)(H,20,25)(H,26,27). The Kier molecular flexibility index (Phi) is 10.5. The van der Waals surface area contributed by atoms with Crippen LogP contribution in [-0.4, -0.2) is 75.9 Å². The average Bonchev–Trinajstić information content (AvgIpc) is 2.59. The largest absolute Gasteiger partial charge is 0.480 e. The second-order valence-corrected chi connectivity index (χ2v) is 6.48. The quantitative estimate of drug-likeness (QED) is 0.198. The molecule has 0 aliphatic rings. The number of hydrogen-bond acceptors (Lipinski definition) is 7. The second-order valence-electron chi connectivity index (χ2n) is 6.48. The van der Waals surface area contributed by atoms with E-state index in [4.69, 9.17) is 10.8 Å². The van der Waals surface area contributed by atoms with E-state index < -0.39 is 60.6 Å². The summed E-state index contributed by atoms with van der Waals surface area (Å²) in [6.45, 7) is 5.58. The monoisotopic (exact) mass is 390 g/mol. The van der Waals surface area contributed by atoms with Crippen LogP contribution < -0.4 is 21.7 Å². The zero-order valence-corrected chi connectivity index (χ0v) is 15.9. The molecule has 0 aromatic rings. The zero-order valence-electron chi connectivity index (χ0n) is 15.9. The molecule has 0 aliphatic heterocycles. The predicted molar refractivity (Wildman–Crippen MR) is 95.3 cm³/mol. The molecule has 0 saturated carbocycles. The molecule has 11 nitrogen and oxygen atoms in total. The molecule has 0 spiro atoms. The molecule has 0 rings (SSSR count). The fourth-order valence-electron chi connectivity index (χ4n) is 2.06. The minimum absolute atomic E-state index is 0.0857. The second kappa shape index (κ2) is 11.5. The number of nitrogens with one attached hydrogen (secondary N) is 3. The van der Waals surface area contributed by atoms with Gasteiger partial charge in [0.05, 0.1) is 24.8 Å². The Bertz CT molecular complexity index is 539. The molecule has 6 unspecified atom stereocenters. The zero-order chi connectivity index (χ0) is 21.3. The summed E-state index contributed by atoms with van der Waals surface area (Å²) in [5, 5.41) is 34.6. The van der Waals surface area contributed by atoms with Gasteiger partial charge < -0.3 is 37.0 Å². The SMILES string of the molecule is CCC(C)C(N)C(=O)NCC(=O)NC(C(=O)NC(C(=O)O)C(C)O)C(C)O. The molecule has 8 N–H and O–H groups in total. The highest BCUT2D eigenvalue weighted by molar-refractivity contribution is 5.93. The molecular weight excluding hydrogens is 360 g/mol. The van der Waals surface area contributed by atoms with Crippen LogP contribution in [0.15, 0.2) is 0 Å². The van der Waals surface area contributed by atoms with E-state index in [0.29, 0.717) is 6.42 Å². The van der Waals surface area contributed by atoms with Crippen molar-refractivity contribution in [3.63, 3.8) is 0 Å². The average molecular weight is 390 g/mol. The topological polar surface area (TPSA) is 191 Å². The number of carboxylic acid groups (broad SMARTS) is 1. The number of amides is 3. The van der Waals surface area contributed by atoms with Gasteiger partial charge in [-0.25, -0.2) is 4.79 Å². The van der Waals surface area contributed by atoms with Crippen LogP contribution >= 0.6 is 0 Å². The minimum Gasteiger partial charge on any atom is -0.480 e. The van der Waals surface area contributed by atoms with E-state index in [-0.39, 0.29) is 5.92 Å². The molecule has 6 atom stereocenters. The normalized spacial score (nSPS) is 17.6. The van der Waals surface area contributed by atoms with E-state index >= 15 is 0 Å². The summed E-state index contributed by atoms with van der Waals surface area (Å²) >= 11 is 0. The summed E-state index contributed by atoms with van der Waals surface area (Å²) in [6.07, 6.45) is -2.06. The number of aliphatic hydroxyl groups excluding tert-OH is 2. The van der Waals surface area contributed by atoms with Gasteiger partial charge >= 0.3 is 5.97 Å². The van der Waals surface area contributed by atoms with Crippen LogP contribution in [0, 0.1) is 5.92 Å². The Labute approximate surface area is 157 Å². The number of carbonyl (C=O) groups is 4. The van der Waals surface area contributed by atoms with E-state index in [1.54, 1.807) is 6.92 Å². The van der Waals surface area contributed by atoms with Gasteiger partial charge in [-0.05, 0) is 19.8 Å². The lowest BCUT2D eigenvalue weighted by molar-refractivity contribution is -0.145. The first-order valence-corrected chi connectivity index (χ1v) is 8.64. The van der Waals surface area contributed by atoms with Gasteiger partial charge in [0.1, 0.15) is 6.04 Å². The number of aliphatic hydroxyl groups is 2. The van der Waals surface area contributed by atoms with Crippen LogP contribution in [0.5, 0.6) is 0 Å². The van der Waals surface area contributed by atoms with Gasteiger partial charge in [0.2, 0.25) is 17.7 Å². The van der Waals surface area contributed by atoms with Gasteiger partial charge in [-0.2, -0.15) is 0 Å². The van der Waals surface area contributed by atoms with Gasteiger partial charge in [0, 0.05) is 0 Å². The summed E-state index contributed by atoms with van der Waals surface area (Å²) in [7, 11) is 0.